The molecule has 1 atom stereocenters. The largest absolute Gasteiger partial charge is 0.342 e. The van der Waals surface area contributed by atoms with Crippen LogP contribution in [0, 0.1) is 11.8 Å². The summed E-state index contributed by atoms with van der Waals surface area (Å²) < 4.78 is 3.41. The molecule has 36 heavy (non-hydrogen) atoms. The van der Waals surface area contributed by atoms with Crippen LogP contribution in [0.25, 0.3) is 33.5 Å². The predicted molar refractivity (Wildman–Crippen MR) is 147 cm³/mol. The minimum atomic E-state index is 0.292. The van der Waals surface area contributed by atoms with Gasteiger partial charge in [0.15, 0.2) is 0 Å². The Bertz CT molecular complexity index is 1520. The molecule has 0 radical (unpaired) electrons. The van der Waals surface area contributed by atoms with Crippen molar-refractivity contribution < 1.29 is 4.79 Å². The molecule has 1 aromatic heterocycles. The molecular formula is C30H27BrN4O. The van der Waals surface area contributed by atoms with Gasteiger partial charge in [-0.15, -0.1) is 0 Å². The first-order chi connectivity index (χ1) is 17.6. The lowest BCUT2D eigenvalue weighted by molar-refractivity contribution is -0.131. The number of aliphatic imine (C=N–C) groups is 1. The van der Waals surface area contributed by atoms with Gasteiger partial charge in [-0.2, -0.15) is 0 Å². The van der Waals surface area contributed by atoms with Crippen LogP contribution in [0.2, 0.25) is 0 Å². The summed E-state index contributed by atoms with van der Waals surface area (Å²) in [6, 6.07) is 21.6. The first kappa shape index (κ1) is 22.0. The summed E-state index contributed by atoms with van der Waals surface area (Å²) in [5, 5.41) is 0. The Morgan fingerprint density at radius 3 is 2.58 bits per heavy atom. The van der Waals surface area contributed by atoms with E-state index in [0.717, 1.165) is 72.3 Å². The van der Waals surface area contributed by atoms with E-state index in [2.05, 4.69) is 91.1 Å². The minimum absolute atomic E-state index is 0.292. The van der Waals surface area contributed by atoms with Crippen LogP contribution in [0.1, 0.15) is 30.4 Å². The highest BCUT2D eigenvalue weighted by Crippen LogP contribution is 2.35. The Morgan fingerprint density at radius 2 is 1.75 bits per heavy atom. The molecule has 2 fully saturated rings. The zero-order valence-electron chi connectivity index (χ0n) is 20.0. The Hall–Kier alpha value is -3.25. The Balaban J connectivity index is 1.20. The van der Waals surface area contributed by atoms with E-state index in [1.54, 1.807) is 0 Å². The van der Waals surface area contributed by atoms with Crippen LogP contribution in [-0.4, -0.2) is 39.7 Å². The van der Waals surface area contributed by atoms with Gasteiger partial charge in [0.2, 0.25) is 5.91 Å². The number of amides is 1. The molecule has 2 aliphatic heterocycles. The number of imidazole rings is 1. The highest BCUT2D eigenvalue weighted by molar-refractivity contribution is 9.10. The second kappa shape index (κ2) is 8.70. The van der Waals surface area contributed by atoms with Crippen LogP contribution in [0.3, 0.4) is 0 Å². The Kier molecular flexibility index (Phi) is 5.31. The van der Waals surface area contributed by atoms with Crippen molar-refractivity contribution in [1.29, 1.82) is 0 Å². The van der Waals surface area contributed by atoms with Crippen molar-refractivity contribution in [3.8, 4) is 22.5 Å². The molecule has 4 aromatic rings. The van der Waals surface area contributed by atoms with Gasteiger partial charge < -0.3 is 9.47 Å². The summed E-state index contributed by atoms with van der Waals surface area (Å²) in [4.78, 5) is 24.1. The van der Waals surface area contributed by atoms with E-state index in [0.29, 0.717) is 17.7 Å². The van der Waals surface area contributed by atoms with E-state index in [1.807, 2.05) is 6.21 Å². The lowest BCUT2D eigenvalue weighted by Gasteiger charge is -2.18. The molecule has 1 amide bonds. The highest BCUT2D eigenvalue weighted by Gasteiger charge is 2.36. The average Bonchev–Trinajstić information content (AvgIpc) is 3.30. The summed E-state index contributed by atoms with van der Waals surface area (Å²) in [6.07, 6.45) is 5.15. The van der Waals surface area contributed by atoms with E-state index in [1.165, 1.54) is 22.3 Å². The number of halogens is 1. The van der Waals surface area contributed by atoms with Gasteiger partial charge in [-0.25, -0.2) is 4.98 Å². The fraction of sp³-hybridized carbons (Fsp3) is 0.300. The molecule has 0 N–H and O–H groups in total. The number of fused-ring (bicyclic) bond motifs is 2. The lowest BCUT2D eigenvalue weighted by Crippen LogP contribution is -2.30. The second-order valence-corrected chi connectivity index (χ2v) is 11.3. The zero-order chi connectivity index (χ0) is 24.2. The second-order valence-electron chi connectivity index (χ2n) is 10.4. The predicted octanol–water partition coefficient (Wildman–Crippen LogP) is 6.32. The zero-order valence-corrected chi connectivity index (χ0v) is 21.6. The van der Waals surface area contributed by atoms with E-state index in [-0.39, 0.29) is 0 Å². The lowest BCUT2D eigenvalue weighted by atomic mass is 9.99. The van der Waals surface area contributed by atoms with Gasteiger partial charge >= 0.3 is 0 Å². The number of carbonyl (C=O) groups is 1. The van der Waals surface area contributed by atoms with Gasteiger partial charge in [0.1, 0.15) is 5.82 Å². The molecule has 1 saturated carbocycles. The molecule has 0 bridgehead atoms. The number of nitrogens with zero attached hydrogens (tertiary/aromatic N) is 4. The summed E-state index contributed by atoms with van der Waals surface area (Å²) >= 11 is 3.65. The van der Waals surface area contributed by atoms with Crippen LogP contribution in [0.5, 0.6) is 0 Å². The number of aromatic nitrogens is 2. The van der Waals surface area contributed by atoms with E-state index in [9.17, 15) is 4.79 Å². The number of hydrogen-bond acceptors (Lipinski definition) is 3. The van der Waals surface area contributed by atoms with Gasteiger partial charge in [-0.1, -0.05) is 52.3 Å². The third kappa shape index (κ3) is 3.97. The number of carbonyl (C=O) groups excluding carboxylic acids is 1. The number of likely N-dealkylation sites (tertiary alicyclic amines) is 1. The summed E-state index contributed by atoms with van der Waals surface area (Å²) in [5.41, 5.74) is 8.15. The Labute approximate surface area is 219 Å². The van der Waals surface area contributed by atoms with Crippen LogP contribution < -0.4 is 0 Å². The summed E-state index contributed by atoms with van der Waals surface area (Å²) in [5.74, 6) is 2.09. The fourth-order valence-corrected chi connectivity index (χ4v) is 5.97. The van der Waals surface area contributed by atoms with Crippen molar-refractivity contribution in [2.45, 2.75) is 32.4 Å². The van der Waals surface area contributed by atoms with Gasteiger partial charge in [-0.3, -0.25) is 9.79 Å². The SMILES string of the molecule is O=C(C1CC1)N1CC[C@@H](Cn2c(-c3ccc(-c4ccc5c(c4)C=NC5)cc3)nc3ccc(Br)cc32)C1. The molecule has 180 valence electrons. The topological polar surface area (TPSA) is 50.5 Å². The summed E-state index contributed by atoms with van der Waals surface area (Å²) in [7, 11) is 0. The average molecular weight is 539 g/mol. The molecule has 7 rings (SSSR count). The van der Waals surface area contributed by atoms with E-state index in [4.69, 9.17) is 4.98 Å². The van der Waals surface area contributed by atoms with Crippen LogP contribution >= 0.6 is 15.9 Å². The third-order valence-electron chi connectivity index (χ3n) is 7.79. The van der Waals surface area contributed by atoms with Crippen molar-refractivity contribution in [2.75, 3.05) is 13.1 Å². The molecule has 6 heteroatoms. The van der Waals surface area contributed by atoms with Crippen LogP contribution in [0.15, 0.2) is 70.1 Å². The maximum atomic E-state index is 12.6. The summed E-state index contributed by atoms with van der Waals surface area (Å²) in [6.45, 7) is 3.38. The van der Waals surface area contributed by atoms with Crippen molar-refractivity contribution in [1.82, 2.24) is 14.5 Å². The standard InChI is InChI=1S/C30H27BrN4O/c31-26-9-10-27-28(14-26)35(18-19-11-12-34(17-19)30(36)22-5-6-22)29(33-27)21-3-1-20(2-4-21)23-7-8-24-15-32-16-25(24)13-23/h1-4,7-10,13-14,16,19,22H,5-6,11-12,15,17-18H2/t19-/m1/s1. The highest BCUT2D eigenvalue weighted by atomic mass is 79.9. The molecule has 0 unspecified atom stereocenters. The van der Waals surface area contributed by atoms with Crippen molar-refractivity contribution >= 4 is 39.1 Å². The Morgan fingerprint density at radius 1 is 0.944 bits per heavy atom. The van der Waals surface area contributed by atoms with Gasteiger partial charge in [0.05, 0.1) is 17.6 Å². The normalized spacial score (nSPS) is 18.8. The molecule has 3 heterocycles. The minimum Gasteiger partial charge on any atom is -0.342 e. The molecule has 3 aromatic carbocycles. The molecule has 1 saturated heterocycles. The van der Waals surface area contributed by atoms with Crippen LogP contribution in [0.4, 0.5) is 0 Å². The quantitative estimate of drug-likeness (QED) is 0.298. The van der Waals surface area contributed by atoms with E-state index >= 15 is 0 Å². The maximum Gasteiger partial charge on any atom is 0.225 e. The third-order valence-corrected chi connectivity index (χ3v) is 8.28. The maximum absolute atomic E-state index is 12.6. The number of hydrogen-bond donors (Lipinski definition) is 0. The smallest absolute Gasteiger partial charge is 0.225 e. The van der Waals surface area contributed by atoms with Gasteiger partial charge in [0.25, 0.3) is 0 Å². The first-order valence-corrected chi connectivity index (χ1v) is 13.6. The number of benzene rings is 3. The monoisotopic (exact) mass is 538 g/mol. The number of rotatable bonds is 5. The van der Waals surface area contributed by atoms with Crippen LogP contribution in [-0.2, 0) is 17.9 Å². The van der Waals surface area contributed by atoms with Gasteiger partial charge in [-0.05, 0) is 71.7 Å². The van der Waals surface area contributed by atoms with Crippen molar-refractivity contribution in [2.24, 2.45) is 16.8 Å². The van der Waals surface area contributed by atoms with Crippen molar-refractivity contribution in [3.05, 3.63) is 76.3 Å². The van der Waals surface area contributed by atoms with Gasteiger partial charge in [0, 0.05) is 41.8 Å². The molecular weight excluding hydrogens is 512 g/mol. The molecule has 0 spiro atoms. The van der Waals surface area contributed by atoms with Crippen molar-refractivity contribution in [3.63, 3.8) is 0 Å². The molecule has 3 aliphatic rings. The molecule has 5 nitrogen and oxygen atoms in total. The first-order valence-electron chi connectivity index (χ1n) is 12.8. The van der Waals surface area contributed by atoms with E-state index < -0.39 is 0 Å². The molecule has 1 aliphatic carbocycles. The fourth-order valence-electron chi connectivity index (χ4n) is 5.62.